The van der Waals surface area contributed by atoms with E-state index in [1.54, 1.807) is 17.7 Å². The zero-order valence-corrected chi connectivity index (χ0v) is 16.4. The third-order valence-electron chi connectivity index (χ3n) is 5.75. The predicted octanol–water partition coefficient (Wildman–Crippen LogP) is 3.92. The normalized spacial score (nSPS) is 21.9. The molecule has 1 aliphatic carbocycles. The number of hydrogen-bond acceptors (Lipinski definition) is 5. The molecule has 1 atom stereocenters. The van der Waals surface area contributed by atoms with Gasteiger partial charge >= 0.3 is 0 Å². The van der Waals surface area contributed by atoms with Crippen molar-refractivity contribution < 1.29 is 4.79 Å². The van der Waals surface area contributed by atoms with Crippen molar-refractivity contribution in [3.8, 4) is 0 Å². The summed E-state index contributed by atoms with van der Waals surface area (Å²) < 4.78 is 0. The maximum Gasteiger partial charge on any atom is 0.225 e. The fourth-order valence-electron chi connectivity index (χ4n) is 4.27. The van der Waals surface area contributed by atoms with E-state index in [0.29, 0.717) is 6.04 Å². The number of hydrogen-bond donors (Lipinski definition) is 1. The molecule has 0 radical (unpaired) electrons. The lowest BCUT2D eigenvalue weighted by Gasteiger charge is -2.34. The second kappa shape index (κ2) is 7.91. The topological polar surface area (TPSA) is 58.1 Å². The Balaban J connectivity index is 1.48. The van der Waals surface area contributed by atoms with Crippen LogP contribution in [0.4, 0.5) is 5.82 Å². The SMILES string of the molecule is CCc1cc2c(N3CCC[C@@H](C(=O)NC4CCCCC4)C3)ncnc2s1. The van der Waals surface area contributed by atoms with E-state index < -0.39 is 0 Å². The highest BCUT2D eigenvalue weighted by atomic mass is 32.1. The van der Waals surface area contributed by atoms with Gasteiger partial charge in [0.15, 0.2) is 0 Å². The molecule has 1 saturated heterocycles. The molecule has 3 heterocycles. The number of carbonyl (C=O) groups is 1. The molecule has 2 fully saturated rings. The summed E-state index contributed by atoms with van der Waals surface area (Å²) in [7, 11) is 0. The van der Waals surface area contributed by atoms with E-state index in [-0.39, 0.29) is 11.8 Å². The lowest BCUT2D eigenvalue weighted by molar-refractivity contribution is -0.126. The number of aromatic nitrogens is 2. The van der Waals surface area contributed by atoms with Crippen LogP contribution in [0.5, 0.6) is 0 Å². The van der Waals surface area contributed by atoms with Gasteiger partial charge in [-0.05, 0) is 38.2 Å². The zero-order valence-electron chi connectivity index (χ0n) is 15.5. The van der Waals surface area contributed by atoms with Gasteiger partial charge in [-0.25, -0.2) is 9.97 Å². The van der Waals surface area contributed by atoms with Crippen LogP contribution in [0.15, 0.2) is 12.4 Å². The maximum absolute atomic E-state index is 12.8. The largest absolute Gasteiger partial charge is 0.355 e. The first-order valence-corrected chi connectivity index (χ1v) is 10.8. The van der Waals surface area contributed by atoms with E-state index in [2.05, 4.69) is 33.2 Å². The standard InChI is InChI=1S/C20H28N4OS/c1-2-16-11-17-18(21-13-22-20(17)26-16)24-10-6-7-14(12-24)19(25)23-15-8-4-3-5-9-15/h11,13-15H,2-10,12H2,1H3,(H,23,25)/t14-/m1/s1. The van der Waals surface area contributed by atoms with Gasteiger partial charge in [0.05, 0.1) is 11.3 Å². The average molecular weight is 373 g/mol. The molecule has 0 unspecified atom stereocenters. The van der Waals surface area contributed by atoms with Crippen molar-refractivity contribution in [3.63, 3.8) is 0 Å². The average Bonchev–Trinajstić information content (AvgIpc) is 3.12. The number of thiophene rings is 1. The zero-order chi connectivity index (χ0) is 17.9. The quantitative estimate of drug-likeness (QED) is 0.884. The molecule has 2 aromatic rings. The van der Waals surface area contributed by atoms with Gasteiger partial charge in [0.2, 0.25) is 5.91 Å². The molecule has 1 aliphatic heterocycles. The number of anilines is 1. The Bertz CT molecular complexity index is 768. The van der Waals surface area contributed by atoms with Gasteiger partial charge in [0.25, 0.3) is 0 Å². The molecule has 1 N–H and O–H groups in total. The Morgan fingerprint density at radius 2 is 2.08 bits per heavy atom. The summed E-state index contributed by atoms with van der Waals surface area (Å²) in [6, 6.07) is 2.61. The number of amides is 1. The fraction of sp³-hybridized carbons (Fsp3) is 0.650. The number of nitrogens with one attached hydrogen (secondary N) is 1. The van der Waals surface area contributed by atoms with Crippen LogP contribution in [-0.2, 0) is 11.2 Å². The van der Waals surface area contributed by atoms with E-state index in [1.807, 2.05) is 0 Å². The lowest BCUT2D eigenvalue weighted by atomic mass is 9.93. The highest BCUT2D eigenvalue weighted by molar-refractivity contribution is 7.18. The van der Waals surface area contributed by atoms with Crippen LogP contribution in [0.2, 0.25) is 0 Å². The molecule has 0 spiro atoms. The van der Waals surface area contributed by atoms with E-state index in [9.17, 15) is 4.79 Å². The summed E-state index contributed by atoms with van der Waals surface area (Å²) in [5.74, 6) is 1.31. The smallest absolute Gasteiger partial charge is 0.225 e. The number of fused-ring (bicyclic) bond motifs is 1. The lowest BCUT2D eigenvalue weighted by Crippen LogP contribution is -2.46. The van der Waals surface area contributed by atoms with Crippen molar-refractivity contribution in [2.24, 2.45) is 5.92 Å². The molecular weight excluding hydrogens is 344 g/mol. The van der Waals surface area contributed by atoms with Crippen molar-refractivity contribution in [3.05, 3.63) is 17.3 Å². The maximum atomic E-state index is 12.8. The third-order valence-corrected chi connectivity index (χ3v) is 6.94. The van der Waals surface area contributed by atoms with Gasteiger partial charge in [0, 0.05) is 24.0 Å². The Labute approximate surface area is 159 Å². The third kappa shape index (κ3) is 3.70. The molecule has 0 aromatic carbocycles. The second-order valence-electron chi connectivity index (χ2n) is 7.61. The van der Waals surface area contributed by atoms with E-state index in [0.717, 1.165) is 61.2 Å². The number of nitrogens with zero attached hydrogens (tertiary/aromatic N) is 3. The minimum absolute atomic E-state index is 0.0694. The van der Waals surface area contributed by atoms with Crippen molar-refractivity contribution in [1.29, 1.82) is 0 Å². The molecule has 2 aromatic heterocycles. The molecule has 4 rings (SSSR count). The van der Waals surface area contributed by atoms with Crippen molar-refractivity contribution in [2.75, 3.05) is 18.0 Å². The summed E-state index contributed by atoms with van der Waals surface area (Å²) in [6.45, 7) is 3.91. The molecule has 6 heteroatoms. The van der Waals surface area contributed by atoms with E-state index >= 15 is 0 Å². The molecular formula is C20H28N4OS. The highest BCUT2D eigenvalue weighted by Gasteiger charge is 2.29. The van der Waals surface area contributed by atoms with E-state index in [1.165, 1.54) is 24.1 Å². The number of rotatable bonds is 4. The Hall–Kier alpha value is -1.69. The second-order valence-corrected chi connectivity index (χ2v) is 8.73. The monoisotopic (exact) mass is 372 g/mol. The summed E-state index contributed by atoms with van der Waals surface area (Å²) in [5, 5.41) is 4.46. The molecule has 5 nitrogen and oxygen atoms in total. The van der Waals surface area contributed by atoms with E-state index in [4.69, 9.17) is 0 Å². The van der Waals surface area contributed by atoms with Crippen LogP contribution < -0.4 is 10.2 Å². The van der Waals surface area contributed by atoms with Gasteiger partial charge in [-0.2, -0.15) is 0 Å². The van der Waals surface area contributed by atoms with Crippen molar-refractivity contribution in [1.82, 2.24) is 15.3 Å². The van der Waals surface area contributed by atoms with Crippen LogP contribution in [0, 0.1) is 5.92 Å². The van der Waals surface area contributed by atoms with Gasteiger partial charge in [0.1, 0.15) is 17.0 Å². The minimum atomic E-state index is 0.0694. The Morgan fingerprint density at radius 1 is 1.23 bits per heavy atom. The van der Waals surface area contributed by atoms with Crippen LogP contribution >= 0.6 is 11.3 Å². The summed E-state index contributed by atoms with van der Waals surface area (Å²) in [5.41, 5.74) is 0. The number of carbonyl (C=O) groups excluding carboxylic acids is 1. The first kappa shape index (κ1) is 17.7. The Kier molecular flexibility index (Phi) is 5.38. The van der Waals surface area contributed by atoms with Gasteiger partial charge in [-0.15, -0.1) is 11.3 Å². The summed E-state index contributed by atoms with van der Waals surface area (Å²) >= 11 is 1.75. The molecule has 1 saturated carbocycles. The van der Waals surface area contributed by atoms with Gasteiger partial charge < -0.3 is 10.2 Å². The van der Waals surface area contributed by atoms with Crippen molar-refractivity contribution >= 4 is 33.3 Å². The molecule has 2 aliphatic rings. The molecule has 26 heavy (non-hydrogen) atoms. The molecule has 0 bridgehead atoms. The minimum Gasteiger partial charge on any atom is -0.355 e. The van der Waals surface area contributed by atoms with Gasteiger partial charge in [-0.1, -0.05) is 26.2 Å². The highest BCUT2D eigenvalue weighted by Crippen LogP contribution is 2.32. The molecule has 1 amide bonds. The predicted molar refractivity (Wildman–Crippen MR) is 107 cm³/mol. The summed E-state index contributed by atoms with van der Waals surface area (Å²) in [4.78, 5) is 26.5. The Morgan fingerprint density at radius 3 is 2.88 bits per heavy atom. The number of piperidine rings is 1. The molecule has 140 valence electrons. The number of aryl methyl sites for hydroxylation is 1. The van der Waals surface area contributed by atoms with Crippen LogP contribution in [-0.4, -0.2) is 35.0 Å². The first-order chi connectivity index (χ1) is 12.7. The van der Waals surface area contributed by atoms with Crippen LogP contribution in [0.25, 0.3) is 10.2 Å². The van der Waals surface area contributed by atoms with Gasteiger partial charge in [-0.3, -0.25) is 4.79 Å². The first-order valence-electron chi connectivity index (χ1n) is 10.0. The summed E-state index contributed by atoms with van der Waals surface area (Å²) in [6.07, 6.45) is 10.8. The fourth-order valence-corrected chi connectivity index (χ4v) is 5.20. The van der Waals surface area contributed by atoms with Crippen molar-refractivity contribution in [2.45, 2.75) is 64.3 Å². The van der Waals surface area contributed by atoms with Crippen LogP contribution in [0.1, 0.15) is 56.7 Å². The van der Waals surface area contributed by atoms with Crippen LogP contribution in [0.3, 0.4) is 0 Å².